The molecule has 0 aromatic carbocycles. The Morgan fingerprint density at radius 2 is 2.38 bits per heavy atom. The van der Waals surface area contributed by atoms with Crippen molar-refractivity contribution in [2.24, 2.45) is 0 Å². The maximum Gasteiger partial charge on any atom is 0.317 e. The summed E-state index contributed by atoms with van der Waals surface area (Å²) in [5, 5.41) is 6.27. The summed E-state index contributed by atoms with van der Waals surface area (Å²) >= 11 is 0. The van der Waals surface area contributed by atoms with Gasteiger partial charge in [0, 0.05) is 20.1 Å². The number of hydrogen-bond acceptors (Lipinski definition) is 2. The van der Waals surface area contributed by atoms with Gasteiger partial charge in [0.05, 0.1) is 5.54 Å². The number of rotatable bonds is 2. The maximum absolute atomic E-state index is 11.5. The van der Waals surface area contributed by atoms with Crippen molar-refractivity contribution in [1.29, 1.82) is 0 Å². The lowest BCUT2D eigenvalue weighted by Gasteiger charge is -2.27. The second-order valence-electron chi connectivity index (χ2n) is 3.93. The Kier molecular flexibility index (Phi) is 3.14. The zero-order valence-corrected chi connectivity index (χ0v) is 8.68. The fourth-order valence-electron chi connectivity index (χ4n) is 1.42. The first-order valence-electron chi connectivity index (χ1n) is 4.81. The predicted octanol–water partition coefficient (Wildman–Crippen LogP) is 0.400. The smallest absolute Gasteiger partial charge is 0.317 e. The molecule has 1 unspecified atom stereocenters. The molecule has 0 aromatic rings. The second-order valence-corrected chi connectivity index (χ2v) is 3.93. The highest BCUT2D eigenvalue weighted by molar-refractivity contribution is 5.74. The third-order valence-corrected chi connectivity index (χ3v) is 2.60. The van der Waals surface area contributed by atoms with Gasteiger partial charge in [0.25, 0.3) is 0 Å². The summed E-state index contributed by atoms with van der Waals surface area (Å²) in [5.41, 5.74) is -0.0550. The molecule has 1 rings (SSSR count). The molecular weight excluding hydrogens is 166 g/mol. The van der Waals surface area contributed by atoms with Crippen LogP contribution in [-0.2, 0) is 0 Å². The molecule has 4 nitrogen and oxygen atoms in total. The molecule has 0 aromatic heterocycles. The minimum atomic E-state index is -0.0550. The Labute approximate surface area is 79.7 Å². The van der Waals surface area contributed by atoms with Gasteiger partial charge in [-0.3, -0.25) is 0 Å². The summed E-state index contributed by atoms with van der Waals surface area (Å²) in [7, 11) is 1.81. The molecular formula is C9H19N3O. The summed E-state index contributed by atoms with van der Waals surface area (Å²) in [4.78, 5) is 13.2. The molecule has 0 bridgehead atoms. The van der Waals surface area contributed by atoms with E-state index in [2.05, 4.69) is 17.6 Å². The van der Waals surface area contributed by atoms with Crippen LogP contribution in [0.5, 0.6) is 0 Å². The number of carbonyl (C=O) groups is 1. The van der Waals surface area contributed by atoms with Gasteiger partial charge >= 0.3 is 6.03 Å². The molecule has 0 spiro atoms. The van der Waals surface area contributed by atoms with Crippen molar-refractivity contribution >= 4 is 6.03 Å². The lowest BCUT2D eigenvalue weighted by molar-refractivity contribution is 0.199. The van der Waals surface area contributed by atoms with Crippen LogP contribution in [-0.4, -0.2) is 43.2 Å². The Morgan fingerprint density at radius 3 is 2.85 bits per heavy atom. The Morgan fingerprint density at radius 1 is 1.69 bits per heavy atom. The lowest BCUT2D eigenvalue weighted by Crippen LogP contribution is -2.51. The van der Waals surface area contributed by atoms with Crippen LogP contribution < -0.4 is 10.6 Å². The summed E-state index contributed by atoms with van der Waals surface area (Å²) in [6.07, 6.45) is 1.01. The number of amides is 2. The molecule has 0 radical (unpaired) electrons. The van der Waals surface area contributed by atoms with Crippen LogP contribution in [0.25, 0.3) is 0 Å². The van der Waals surface area contributed by atoms with Gasteiger partial charge in [-0.15, -0.1) is 0 Å². The number of carbonyl (C=O) groups excluding carboxylic acids is 1. The normalized spacial score (nSPS) is 27.3. The summed E-state index contributed by atoms with van der Waals surface area (Å²) < 4.78 is 0. The van der Waals surface area contributed by atoms with Crippen molar-refractivity contribution < 1.29 is 4.79 Å². The van der Waals surface area contributed by atoms with Gasteiger partial charge < -0.3 is 15.5 Å². The molecule has 76 valence electrons. The van der Waals surface area contributed by atoms with Crippen molar-refractivity contribution in [3.63, 3.8) is 0 Å². The predicted molar refractivity (Wildman–Crippen MR) is 52.7 cm³/mol. The average Bonchev–Trinajstić information content (AvgIpc) is 2.50. The van der Waals surface area contributed by atoms with Crippen LogP contribution in [0, 0.1) is 0 Å². The zero-order valence-electron chi connectivity index (χ0n) is 8.68. The van der Waals surface area contributed by atoms with E-state index in [4.69, 9.17) is 0 Å². The number of nitrogens with one attached hydrogen (secondary N) is 2. The van der Waals surface area contributed by atoms with Crippen LogP contribution in [0.1, 0.15) is 20.3 Å². The zero-order chi connectivity index (χ0) is 9.90. The lowest BCUT2D eigenvalue weighted by atomic mass is 10.0. The Balaban J connectivity index is 2.43. The first-order chi connectivity index (χ1) is 6.07. The maximum atomic E-state index is 11.5. The van der Waals surface area contributed by atoms with Crippen LogP contribution >= 0.6 is 0 Å². The summed E-state index contributed by atoms with van der Waals surface area (Å²) in [5.74, 6) is 0. The SMILES string of the molecule is CCN(C)C(=O)NC1(C)CCNC1. The first kappa shape index (κ1) is 10.3. The monoisotopic (exact) mass is 185 g/mol. The van der Waals surface area contributed by atoms with Gasteiger partial charge in [0.15, 0.2) is 0 Å². The van der Waals surface area contributed by atoms with Gasteiger partial charge in [-0.05, 0) is 26.8 Å². The highest BCUT2D eigenvalue weighted by atomic mass is 16.2. The minimum Gasteiger partial charge on any atom is -0.332 e. The van der Waals surface area contributed by atoms with Crippen LogP contribution in [0.15, 0.2) is 0 Å². The number of hydrogen-bond donors (Lipinski definition) is 2. The molecule has 1 aliphatic heterocycles. The number of nitrogens with zero attached hydrogens (tertiary/aromatic N) is 1. The van der Waals surface area contributed by atoms with E-state index < -0.39 is 0 Å². The first-order valence-corrected chi connectivity index (χ1v) is 4.81. The molecule has 4 heteroatoms. The number of urea groups is 1. The van der Waals surface area contributed by atoms with E-state index in [-0.39, 0.29) is 11.6 Å². The largest absolute Gasteiger partial charge is 0.332 e. The van der Waals surface area contributed by atoms with Crippen LogP contribution in [0.2, 0.25) is 0 Å². The third-order valence-electron chi connectivity index (χ3n) is 2.60. The van der Waals surface area contributed by atoms with E-state index in [1.165, 1.54) is 0 Å². The average molecular weight is 185 g/mol. The van der Waals surface area contributed by atoms with Crippen molar-refractivity contribution in [2.75, 3.05) is 26.7 Å². The molecule has 1 aliphatic rings. The van der Waals surface area contributed by atoms with Crippen molar-refractivity contribution in [3.8, 4) is 0 Å². The van der Waals surface area contributed by atoms with Crippen LogP contribution in [0.3, 0.4) is 0 Å². The van der Waals surface area contributed by atoms with Crippen LogP contribution in [0.4, 0.5) is 4.79 Å². The quantitative estimate of drug-likeness (QED) is 0.654. The highest BCUT2D eigenvalue weighted by Gasteiger charge is 2.30. The fraction of sp³-hybridized carbons (Fsp3) is 0.889. The van der Waals surface area contributed by atoms with E-state index in [1.807, 2.05) is 6.92 Å². The summed E-state index contributed by atoms with van der Waals surface area (Å²) in [6, 6.07) is 0.0219. The molecule has 1 atom stereocenters. The van der Waals surface area contributed by atoms with Crippen molar-refractivity contribution in [1.82, 2.24) is 15.5 Å². The molecule has 1 fully saturated rings. The Bertz CT molecular complexity index is 187. The van der Waals surface area contributed by atoms with E-state index in [0.717, 1.165) is 26.1 Å². The van der Waals surface area contributed by atoms with E-state index in [1.54, 1.807) is 11.9 Å². The molecule has 2 amide bonds. The molecule has 2 N–H and O–H groups in total. The van der Waals surface area contributed by atoms with Gasteiger partial charge in [-0.25, -0.2) is 4.79 Å². The molecule has 1 heterocycles. The fourth-order valence-corrected chi connectivity index (χ4v) is 1.42. The highest BCUT2D eigenvalue weighted by Crippen LogP contribution is 2.13. The van der Waals surface area contributed by atoms with Crippen molar-refractivity contribution in [3.05, 3.63) is 0 Å². The van der Waals surface area contributed by atoms with Gasteiger partial charge in [0.2, 0.25) is 0 Å². The standard InChI is InChI=1S/C9H19N3O/c1-4-12(3)8(13)11-9(2)5-6-10-7-9/h10H,4-7H2,1-3H3,(H,11,13). The molecule has 0 saturated carbocycles. The molecule has 1 saturated heterocycles. The Hall–Kier alpha value is -0.770. The summed E-state index contributed by atoms with van der Waals surface area (Å²) in [6.45, 7) is 6.65. The van der Waals surface area contributed by atoms with E-state index >= 15 is 0 Å². The molecule has 13 heavy (non-hydrogen) atoms. The third kappa shape index (κ3) is 2.59. The topological polar surface area (TPSA) is 44.4 Å². The second kappa shape index (κ2) is 3.96. The minimum absolute atomic E-state index is 0.0219. The molecule has 0 aliphatic carbocycles. The van der Waals surface area contributed by atoms with Gasteiger partial charge in [0.1, 0.15) is 0 Å². The van der Waals surface area contributed by atoms with Gasteiger partial charge in [-0.1, -0.05) is 0 Å². The van der Waals surface area contributed by atoms with Gasteiger partial charge in [-0.2, -0.15) is 0 Å². The van der Waals surface area contributed by atoms with E-state index in [9.17, 15) is 4.79 Å². The van der Waals surface area contributed by atoms with Crippen molar-refractivity contribution in [2.45, 2.75) is 25.8 Å². The van der Waals surface area contributed by atoms with E-state index in [0.29, 0.717) is 0 Å².